The zero-order chi connectivity index (χ0) is 22.4. The van der Waals surface area contributed by atoms with Crippen LogP contribution in [0.5, 0.6) is 0 Å². The van der Waals surface area contributed by atoms with Crippen LogP contribution in [0.2, 0.25) is 0 Å². The lowest BCUT2D eigenvalue weighted by molar-refractivity contribution is -0.144. The van der Waals surface area contributed by atoms with E-state index in [-0.39, 0.29) is 18.7 Å². The maximum absolute atomic E-state index is 10.4. The first kappa shape index (κ1) is 27.0. The van der Waals surface area contributed by atoms with Crippen LogP contribution in [-0.2, 0) is 28.8 Å². The van der Waals surface area contributed by atoms with Crippen molar-refractivity contribution >= 4 is 35.8 Å². The number of carboxylic acids is 5. The van der Waals surface area contributed by atoms with E-state index in [0.29, 0.717) is 12.8 Å². The fourth-order valence-electron chi connectivity index (χ4n) is 1.48. The predicted molar refractivity (Wildman–Crippen MR) is 89.1 cm³/mol. The summed E-state index contributed by atoms with van der Waals surface area (Å²) < 4.78 is 0. The molecule has 0 saturated carbocycles. The number of carbonyl (C=O) groups excluding carboxylic acids is 1. The van der Waals surface area contributed by atoms with Gasteiger partial charge in [0.2, 0.25) is 5.91 Å². The monoisotopic (exact) mass is 409 g/mol. The van der Waals surface area contributed by atoms with Crippen molar-refractivity contribution in [2.45, 2.75) is 50.2 Å². The summed E-state index contributed by atoms with van der Waals surface area (Å²) in [7, 11) is 0. The molecule has 0 radical (unpaired) electrons. The van der Waals surface area contributed by atoms with E-state index >= 15 is 0 Å². The summed E-state index contributed by atoms with van der Waals surface area (Å²) in [6.07, 6.45) is 0.0125. The van der Waals surface area contributed by atoms with Gasteiger partial charge in [0.1, 0.15) is 18.1 Å². The summed E-state index contributed by atoms with van der Waals surface area (Å²) in [6, 6.07) is -2.99. The van der Waals surface area contributed by atoms with E-state index < -0.39 is 54.4 Å². The first-order valence-electron chi connectivity index (χ1n) is 7.70. The minimum atomic E-state index is -1.29. The van der Waals surface area contributed by atoms with E-state index in [1.54, 1.807) is 0 Å². The molecule has 0 aromatic rings. The molecule has 1 fully saturated rings. The molecular weight excluding hydrogens is 386 g/mol. The van der Waals surface area contributed by atoms with E-state index in [0.717, 1.165) is 0 Å². The van der Waals surface area contributed by atoms with Gasteiger partial charge in [-0.25, -0.2) is 4.79 Å². The van der Waals surface area contributed by atoms with Crippen LogP contribution in [0.1, 0.15) is 32.1 Å². The summed E-state index contributed by atoms with van der Waals surface area (Å²) in [4.78, 5) is 60.0. The number of aliphatic carboxylic acids is 5. The van der Waals surface area contributed by atoms with Gasteiger partial charge in [-0.2, -0.15) is 0 Å². The van der Waals surface area contributed by atoms with Crippen LogP contribution in [0.3, 0.4) is 0 Å². The second-order valence-electron chi connectivity index (χ2n) is 5.42. The van der Waals surface area contributed by atoms with Crippen molar-refractivity contribution in [1.82, 2.24) is 5.32 Å². The smallest absolute Gasteiger partial charge is 0.326 e. The summed E-state index contributed by atoms with van der Waals surface area (Å²) in [5, 5.41) is 42.9. The van der Waals surface area contributed by atoms with Gasteiger partial charge in [-0.1, -0.05) is 0 Å². The second-order valence-corrected chi connectivity index (χ2v) is 5.42. The Hall–Kier alpha value is -3.26. The Kier molecular flexibility index (Phi) is 13.4. The largest absolute Gasteiger partial charge is 0.481 e. The number of carbonyl (C=O) groups is 6. The van der Waals surface area contributed by atoms with Crippen LogP contribution in [-0.4, -0.2) is 79.4 Å². The number of rotatable bonds is 8. The molecule has 0 aliphatic carbocycles. The van der Waals surface area contributed by atoms with Crippen LogP contribution in [0.25, 0.3) is 0 Å². The number of hydrogen-bond acceptors (Lipinski definition) is 8. The van der Waals surface area contributed by atoms with Crippen LogP contribution in [0.15, 0.2) is 0 Å². The first-order chi connectivity index (χ1) is 12.8. The van der Waals surface area contributed by atoms with Crippen LogP contribution < -0.4 is 16.8 Å². The van der Waals surface area contributed by atoms with Crippen molar-refractivity contribution in [3.05, 3.63) is 0 Å². The molecular formula is C14H23N3O11. The van der Waals surface area contributed by atoms with E-state index in [2.05, 4.69) is 5.32 Å². The Bertz CT molecular complexity index is 591. The maximum Gasteiger partial charge on any atom is 0.326 e. The van der Waals surface area contributed by atoms with Crippen molar-refractivity contribution in [2.24, 2.45) is 11.5 Å². The van der Waals surface area contributed by atoms with Gasteiger partial charge in [-0.3, -0.25) is 24.0 Å². The molecule has 0 spiro atoms. The van der Waals surface area contributed by atoms with Gasteiger partial charge >= 0.3 is 29.8 Å². The highest BCUT2D eigenvalue weighted by Gasteiger charge is 2.26. The van der Waals surface area contributed by atoms with Crippen molar-refractivity contribution in [2.75, 3.05) is 0 Å². The summed E-state index contributed by atoms with van der Waals surface area (Å²) in [5.41, 5.74) is 9.84. The molecule has 10 N–H and O–H groups in total. The fraction of sp³-hybridized carbons (Fsp3) is 0.571. The molecule has 1 amide bonds. The third-order valence-electron chi connectivity index (χ3n) is 2.99. The zero-order valence-electron chi connectivity index (χ0n) is 14.6. The van der Waals surface area contributed by atoms with E-state index in [1.165, 1.54) is 0 Å². The molecule has 1 aliphatic heterocycles. The second kappa shape index (κ2) is 13.9. The number of hydrogen-bond donors (Lipinski definition) is 8. The zero-order valence-corrected chi connectivity index (χ0v) is 14.6. The summed E-state index contributed by atoms with van der Waals surface area (Å²) in [6.45, 7) is 0. The molecule has 1 rings (SSSR count). The van der Waals surface area contributed by atoms with Gasteiger partial charge in [0, 0.05) is 12.8 Å². The molecule has 3 atom stereocenters. The molecule has 160 valence electrons. The number of nitrogens with one attached hydrogen (secondary N) is 1. The lowest BCUT2D eigenvalue weighted by Crippen LogP contribution is -2.32. The Balaban J connectivity index is 0. The Labute approximate surface area is 158 Å². The van der Waals surface area contributed by atoms with Crippen molar-refractivity contribution < 1.29 is 54.3 Å². The molecule has 0 aromatic heterocycles. The van der Waals surface area contributed by atoms with Crippen molar-refractivity contribution in [3.63, 3.8) is 0 Å². The van der Waals surface area contributed by atoms with Gasteiger partial charge in [-0.15, -0.1) is 0 Å². The molecule has 1 aliphatic rings. The Morgan fingerprint density at radius 3 is 1.64 bits per heavy atom. The average Bonchev–Trinajstić information content (AvgIpc) is 2.99. The first-order valence-corrected chi connectivity index (χ1v) is 7.70. The molecule has 14 nitrogen and oxygen atoms in total. The van der Waals surface area contributed by atoms with Crippen molar-refractivity contribution in [1.29, 1.82) is 0 Å². The molecule has 1 saturated heterocycles. The molecule has 0 unspecified atom stereocenters. The highest BCUT2D eigenvalue weighted by Crippen LogP contribution is 2.05. The predicted octanol–water partition coefficient (Wildman–Crippen LogP) is -2.51. The molecule has 1 heterocycles. The third-order valence-corrected chi connectivity index (χ3v) is 2.99. The van der Waals surface area contributed by atoms with Gasteiger partial charge in [0.25, 0.3) is 0 Å². The van der Waals surface area contributed by atoms with Gasteiger partial charge in [0.05, 0.1) is 6.42 Å². The molecule has 0 bridgehead atoms. The number of amides is 1. The van der Waals surface area contributed by atoms with Gasteiger partial charge in [0.15, 0.2) is 0 Å². The molecule has 14 heteroatoms. The highest BCUT2D eigenvalue weighted by molar-refractivity contribution is 5.87. The Morgan fingerprint density at radius 2 is 1.43 bits per heavy atom. The van der Waals surface area contributed by atoms with Gasteiger partial charge in [-0.05, 0) is 12.8 Å². The highest BCUT2D eigenvalue weighted by atomic mass is 16.4. The standard InChI is InChI=1S/C5H9NO4.C5H7NO3.C4H7NO4/c6-3(5(9)10)1-2-4(7)8;7-4-2-1-3(6-4)5(8)9;5-2(4(8)9)1-3(6)7/h3H,1-2,6H2,(H,7,8)(H,9,10);3H,1-2H2,(H,6,7)(H,8,9);2H,1,5H2,(H,6,7)(H,8,9)/t2*3-;2-/m000/s1. The van der Waals surface area contributed by atoms with E-state index in [4.69, 9.17) is 37.0 Å². The van der Waals surface area contributed by atoms with E-state index in [1.807, 2.05) is 0 Å². The lowest BCUT2D eigenvalue weighted by atomic mass is 10.2. The number of nitrogens with two attached hydrogens (primary N) is 2. The molecule has 0 aromatic carbocycles. The van der Waals surface area contributed by atoms with Gasteiger partial charge < -0.3 is 42.3 Å². The van der Waals surface area contributed by atoms with Crippen LogP contribution in [0.4, 0.5) is 0 Å². The average molecular weight is 409 g/mol. The van der Waals surface area contributed by atoms with Crippen LogP contribution >= 0.6 is 0 Å². The summed E-state index contributed by atoms with van der Waals surface area (Å²) in [5.74, 6) is -5.80. The SMILES string of the molecule is N[C@@H](CC(=O)O)C(=O)O.N[C@@H](CCC(=O)O)C(=O)O.O=C1CC[C@@H](C(=O)O)N1. The fourth-order valence-corrected chi connectivity index (χ4v) is 1.48. The topological polar surface area (TPSA) is 268 Å². The Morgan fingerprint density at radius 1 is 0.929 bits per heavy atom. The quantitative estimate of drug-likeness (QED) is 0.206. The van der Waals surface area contributed by atoms with Crippen LogP contribution in [0, 0.1) is 0 Å². The normalized spacial score (nSPS) is 16.8. The minimum Gasteiger partial charge on any atom is -0.481 e. The molecule has 28 heavy (non-hydrogen) atoms. The lowest BCUT2D eigenvalue weighted by Gasteiger charge is -2.01. The number of carboxylic acid groups (broad SMARTS) is 5. The van der Waals surface area contributed by atoms with Crippen molar-refractivity contribution in [3.8, 4) is 0 Å². The van der Waals surface area contributed by atoms with E-state index in [9.17, 15) is 28.8 Å². The summed E-state index contributed by atoms with van der Waals surface area (Å²) >= 11 is 0. The third kappa shape index (κ3) is 15.0. The maximum atomic E-state index is 10.4. The minimum absolute atomic E-state index is 0.0231.